The lowest BCUT2D eigenvalue weighted by molar-refractivity contribution is -0.298. The van der Waals surface area contributed by atoms with Gasteiger partial charge in [-0.05, 0) is 12.8 Å². The number of hydrogen-bond donors (Lipinski definition) is 6. The Hall–Kier alpha value is -0.900. The molecule has 364 valence electrons. The number of carbonyl (C=O) groups excluding carboxylic acids is 1. The van der Waals surface area contributed by atoms with E-state index in [9.17, 15) is 38.2 Å². The minimum Gasteiger partial charge on any atom is -0.394 e. The number of aliphatic hydroxyl groups is 4. The van der Waals surface area contributed by atoms with Gasteiger partial charge in [0.15, 0.2) is 6.29 Å². The molecule has 1 heterocycles. The van der Waals surface area contributed by atoms with Crippen LogP contribution in [0.25, 0.3) is 0 Å². The average molecular weight is 894 g/mol. The Morgan fingerprint density at radius 2 is 0.951 bits per heavy atom. The predicted molar refractivity (Wildman–Crippen MR) is 246 cm³/mol. The Balaban J connectivity index is 2.34. The first-order valence-electron chi connectivity index (χ1n) is 25.4. The maximum absolute atomic E-state index is 13.0. The predicted octanol–water partition coefficient (Wildman–Crippen LogP) is 10.6. The van der Waals surface area contributed by atoms with E-state index in [1.54, 1.807) is 0 Å². The van der Waals surface area contributed by atoms with E-state index < -0.39 is 59.9 Å². The van der Waals surface area contributed by atoms with Gasteiger partial charge >= 0.3 is 10.4 Å². The lowest BCUT2D eigenvalue weighted by atomic mass is 9.99. The minimum atomic E-state index is -5.07. The Kier molecular flexibility index (Phi) is 37.6. The highest BCUT2D eigenvalue weighted by molar-refractivity contribution is 7.80. The zero-order valence-electron chi connectivity index (χ0n) is 39.0. The molecule has 1 fully saturated rings. The maximum atomic E-state index is 13.0. The van der Waals surface area contributed by atoms with Crippen molar-refractivity contribution in [2.24, 2.45) is 0 Å². The second-order valence-corrected chi connectivity index (χ2v) is 19.2. The van der Waals surface area contributed by atoms with Crippen molar-refractivity contribution in [1.29, 1.82) is 0 Å². The van der Waals surface area contributed by atoms with Crippen molar-refractivity contribution >= 4 is 16.3 Å². The van der Waals surface area contributed by atoms with Gasteiger partial charge in [-0.3, -0.25) is 9.35 Å². The molecule has 0 aromatic carbocycles. The van der Waals surface area contributed by atoms with Gasteiger partial charge < -0.3 is 35.2 Å². The molecule has 0 spiro atoms. The third kappa shape index (κ3) is 32.4. The maximum Gasteiger partial charge on any atom is 0.397 e. The molecule has 1 aliphatic rings. The highest BCUT2D eigenvalue weighted by atomic mass is 32.3. The van der Waals surface area contributed by atoms with Crippen LogP contribution >= 0.6 is 0 Å². The summed E-state index contributed by atoms with van der Waals surface area (Å²) in [6, 6.07) is -0.851. The van der Waals surface area contributed by atoms with Gasteiger partial charge in [-0.15, -0.1) is 0 Å². The highest BCUT2D eigenvalue weighted by Crippen LogP contribution is 2.26. The van der Waals surface area contributed by atoms with Crippen LogP contribution in [0.15, 0.2) is 0 Å². The fourth-order valence-corrected chi connectivity index (χ4v) is 8.97. The monoisotopic (exact) mass is 894 g/mol. The molecule has 1 rings (SSSR count). The molecule has 13 heteroatoms. The Labute approximate surface area is 373 Å². The SMILES string of the molecule is CCCCCCCCCCCCCCCCCCCCCCCCCCC(O)C(COC1OC(CO)C(O)C(OS(=O)(=O)O)C1O)NC(=O)CCCCCCCCCCCC. The molecule has 0 aliphatic carbocycles. The summed E-state index contributed by atoms with van der Waals surface area (Å²) in [6.07, 6.45) is 34.1. The standard InChI is InChI=1S/C48H95NO11S/c1-3-5-7-9-11-13-15-16-17-18-19-20-21-22-23-24-25-26-27-28-29-31-33-35-37-42(51)41(49-44(52)38-36-34-32-30-14-12-10-8-6-4-2)40-58-48-46(54)47(60-61(55,56)57)45(53)43(39-50)59-48/h41-43,45-48,50-51,53-54H,3-40H2,1-2H3,(H,49,52)(H,55,56,57). The van der Waals surface area contributed by atoms with Crippen LogP contribution in [-0.2, 0) is 28.9 Å². The largest absolute Gasteiger partial charge is 0.397 e. The average Bonchev–Trinajstić information content (AvgIpc) is 3.23. The lowest BCUT2D eigenvalue weighted by Crippen LogP contribution is -2.61. The van der Waals surface area contributed by atoms with Crippen LogP contribution in [0, 0.1) is 0 Å². The number of unbranched alkanes of at least 4 members (excludes halogenated alkanes) is 32. The van der Waals surface area contributed by atoms with Crippen molar-refractivity contribution in [3.05, 3.63) is 0 Å². The van der Waals surface area contributed by atoms with Crippen LogP contribution in [0.5, 0.6) is 0 Å². The molecule has 1 amide bonds. The van der Waals surface area contributed by atoms with Crippen molar-refractivity contribution in [2.45, 2.75) is 288 Å². The van der Waals surface area contributed by atoms with Gasteiger partial charge in [0.25, 0.3) is 0 Å². The fourth-order valence-electron chi connectivity index (χ4n) is 8.46. The fraction of sp³-hybridized carbons (Fsp3) is 0.979. The summed E-state index contributed by atoms with van der Waals surface area (Å²) in [7, 11) is -5.07. The molecule has 7 unspecified atom stereocenters. The number of nitrogens with one attached hydrogen (secondary N) is 1. The first-order valence-corrected chi connectivity index (χ1v) is 26.8. The summed E-state index contributed by atoms with van der Waals surface area (Å²) in [5, 5.41) is 44.9. The number of amides is 1. The number of ether oxygens (including phenoxy) is 2. The summed E-state index contributed by atoms with van der Waals surface area (Å²) >= 11 is 0. The number of carbonyl (C=O) groups is 1. The summed E-state index contributed by atoms with van der Waals surface area (Å²) < 4.78 is 47.7. The van der Waals surface area contributed by atoms with Gasteiger partial charge in [-0.1, -0.05) is 226 Å². The molecular weight excluding hydrogens is 799 g/mol. The van der Waals surface area contributed by atoms with Crippen LogP contribution < -0.4 is 5.32 Å². The number of aliphatic hydroxyl groups excluding tert-OH is 4. The molecule has 7 atom stereocenters. The van der Waals surface area contributed by atoms with Crippen LogP contribution in [0.3, 0.4) is 0 Å². The van der Waals surface area contributed by atoms with Gasteiger partial charge in [-0.2, -0.15) is 8.42 Å². The molecule has 12 nitrogen and oxygen atoms in total. The van der Waals surface area contributed by atoms with Crippen LogP contribution in [-0.4, -0.2) is 95.4 Å². The van der Waals surface area contributed by atoms with E-state index in [1.165, 1.54) is 167 Å². The molecule has 0 radical (unpaired) electrons. The van der Waals surface area contributed by atoms with E-state index >= 15 is 0 Å². The summed E-state index contributed by atoms with van der Waals surface area (Å²) in [5.41, 5.74) is 0. The quantitative estimate of drug-likeness (QED) is 0.0252. The van der Waals surface area contributed by atoms with Crippen LogP contribution in [0.1, 0.15) is 245 Å². The van der Waals surface area contributed by atoms with E-state index in [2.05, 4.69) is 23.3 Å². The van der Waals surface area contributed by atoms with Gasteiger partial charge in [0.1, 0.15) is 24.4 Å². The number of rotatable bonds is 44. The molecule has 0 bridgehead atoms. The number of hydrogen-bond acceptors (Lipinski definition) is 10. The summed E-state index contributed by atoms with van der Waals surface area (Å²) in [4.78, 5) is 13.0. The summed E-state index contributed by atoms with van der Waals surface area (Å²) in [6.45, 7) is 3.45. The van der Waals surface area contributed by atoms with Crippen molar-refractivity contribution in [2.75, 3.05) is 13.2 Å². The van der Waals surface area contributed by atoms with Crippen molar-refractivity contribution < 1.29 is 51.8 Å². The Bertz CT molecular complexity index is 1100. The first kappa shape index (κ1) is 58.1. The third-order valence-corrected chi connectivity index (χ3v) is 12.9. The van der Waals surface area contributed by atoms with E-state index in [0.29, 0.717) is 12.8 Å². The molecule has 61 heavy (non-hydrogen) atoms. The van der Waals surface area contributed by atoms with E-state index in [4.69, 9.17) is 9.47 Å². The Morgan fingerprint density at radius 1 is 0.590 bits per heavy atom. The molecule has 1 saturated heterocycles. The van der Waals surface area contributed by atoms with Gasteiger partial charge in [0, 0.05) is 6.42 Å². The topological polar surface area (TPSA) is 192 Å². The summed E-state index contributed by atoms with van der Waals surface area (Å²) in [5.74, 6) is -0.229. The van der Waals surface area contributed by atoms with E-state index in [-0.39, 0.29) is 12.5 Å². The van der Waals surface area contributed by atoms with Crippen molar-refractivity contribution in [3.8, 4) is 0 Å². The van der Waals surface area contributed by atoms with Gasteiger partial charge in [-0.25, -0.2) is 4.18 Å². The third-order valence-electron chi connectivity index (χ3n) is 12.4. The zero-order valence-corrected chi connectivity index (χ0v) is 39.8. The molecule has 0 aromatic heterocycles. The first-order chi connectivity index (χ1) is 29.5. The second kappa shape index (κ2) is 39.5. The smallest absolute Gasteiger partial charge is 0.394 e. The van der Waals surface area contributed by atoms with Crippen LogP contribution in [0.2, 0.25) is 0 Å². The minimum absolute atomic E-state index is 0.229. The molecule has 0 saturated carbocycles. The molecular formula is C48H95NO11S. The van der Waals surface area contributed by atoms with Gasteiger partial charge in [0.05, 0.1) is 25.4 Å². The molecule has 1 aliphatic heterocycles. The highest BCUT2D eigenvalue weighted by Gasteiger charge is 2.48. The van der Waals surface area contributed by atoms with Crippen LogP contribution in [0.4, 0.5) is 0 Å². The van der Waals surface area contributed by atoms with E-state index in [1.807, 2.05) is 0 Å². The normalized spacial score (nSPS) is 20.5. The zero-order chi connectivity index (χ0) is 44.8. The van der Waals surface area contributed by atoms with Crippen molar-refractivity contribution in [3.63, 3.8) is 0 Å². The molecule has 0 aromatic rings. The Morgan fingerprint density at radius 3 is 1.31 bits per heavy atom. The van der Waals surface area contributed by atoms with Gasteiger partial charge in [0.2, 0.25) is 5.91 Å². The van der Waals surface area contributed by atoms with E-state index in [0.717, 1.165) is 51.4 Å². The molecule has 6 N–H and O–H groups in total. The van der Waals surface area contributed by atoms with Crippen molar-refractivity contribution in [1.82, 2.24) is 5.32 Å². The second-order valence-electron chi connectivity index (χ2n) is 18.1. The lowest BCUT2D eigenvalue weighted by Gasteiger charge is -2.41.